The fraction of sp³-hybridized carbons (Fsp3) is 0.110. The SMILES string of the molecule is CC1C/C=C2\c3cc4c(cc3-n3c5cc(ccc5c5cc6ccccc6cc53)CC2C(c2ccc3c(c2)CCc2ccccc2-3)N=C1c1ccc2c(c1)c1ccccc1n2-c1ccccc1)oc1ccc2ccccc2c14. The lowest BCUT2D eigenvalue weighted by molar-refractivity contribution is 0.525. The first kappa shape index (κ1) is 43.0. The number of hydrogen-bond donors (Lipinski definition) is 0. The van der Waals surface area contributed by atoms with Crippen LogP contribution >= 0.6 is 0 Å². The van der Waals surface area contributed by atoms with E-state index in [1.807, 2.05) is 0 Å². The highest BCUT2D eigenvalue weighted by molar-refractivity contribution is 6.21. The number of furan rings is 1. The average Bonchev–Trinajstić information content (AvgIpc) is 4.25. The minimum absolute atomic E-state index is 0.0181. The maximum atomic E-state index is 7.00. The van der Waals surface area contributed by atoms with Crippen molar-refractivity contribution in [1.82, 2.24) is 9.13 Å². The number of fused-ring (bicyclic) bond motifs is 20. The van der Waals surface area contributed by atoms with Crippen molar-refractivity contribution in [2.75, 3.05) is 0 Å². The van der Waals surface area contributed by atoms with E-state index in [-0.39, 0.29) is 17.9 Å². The second-order valence-corrected chi connectivity index (χ2v) is 22.1. The molecule has 14 aromatic rings. The Labute approximate surface area is 445 Å². The molecule has 3 aliphatic rings. The van der Waals surface area contributed by atoms with Crippen LogP contribution in [0.1, 0.15) is 52.8 Å². The zero-order valence-corrected chi connectivity index (χ0v) is 42.7. The molecule has 0 amide bonds. The van der Waals surface area contributed by atoms with Crippen molar-refractivity contribution in [1.29, 1.82) is 0 Å². The molecule has 3 atom stereocenters. The molecule has 0 N–H and O–H groups in total. The van der Waals surface area contributed by atoms with Gasteiger partial charge in [0.1, 0.15) is 11.2 Å². The normalized spacial score (nSPS) is 17.9. The summed E-state index contributed by atoms with van der Waals surface area (Å²) in [5, 5.41) is 12.2. The highest BCUT2D eigenvalue weighted by Gasteiger charge is 2.35. The van der Waals surface area contributed by atoms with E-state index >= 15 is 0 Å². The molecule has 5 heterocycles. The van der Waals surface area contributed by atoms with Crippen LogP contribution in [0, 0.1) is 11.8 Å². The van der Waals surface area contributed by atoms with Gasteiger partial charge in [-0.3, -0.25) is 4.99 Å². The topological polar surface area (TPSA) is 35.4 Å². The molecule has 4 heteroatoms. The van der Waals surface area contributed by atoms with Gasteiger partial charge in [0.25, 0.3) is 0 Å². The molecule has 0 saturated carbocycles. The molecule has 3 aromatic heterocycles. The Morgan fingerprint density at radius 2 is 1.19 bits per heavy atom. The molecular formula is C73H51N3O. The van der Waals surface area contributed by atoms with Crippen molar-refractivity contribution in [2.24, 2.45) is 16.8 Å². The predicted molar refractivity (Wildman–Crippen MR) is 321 cm³/mol. The zero-order valence-electron chi connectivity index (χ0n) is 42.7. The van der Waals surface area contributed by atoms with Gasteiger partial charge in [-0.1, -0.05) is 165 Å². The molecule has 0 saturated heterocycles. The number of aromatic nitrogens is 2. The Morgan fingerprint density at radius 1 is 0.468 bits per heavy atom. The van der Waals surface area contributed by atoms with Gasteiger partial charge in [0.15, 0.2) is 0 Å². The lowest BCUT2D eigenvalue weighted by atomic mass is 9.75. The van der Waals surface area contributed by atoms with Crippen molar-refractivity contribution in [3.8, 4) is 22.5 Å². The minimum Gasteiger partial charge on any atom is -0.456 e. The van der Waals surface area contributed by atoms with Gasteiger partial charge < -0.3 is 13.6 Å². The van der Waals surface area contributed by atoms with E-state index in [4.69, 9.17) is 9.41 Å². The largest absolute Gasteiger partial charge is 0.456 e. The highest BCUT2D eigenvalue weighted by atomic mass is 16.3. The number of nitrogens with zero attached hydrogens (tertiary/aromatic N) is 3. The number of allylic oxidation sites excluding steroid dienone is 1. The first-order valence-electron chi connectivity index (χ1n) is 27.5. The summed E-state index contributed by atoms with van der Waals surface area (Å²) in [6.45, 7) is 2.40. The van der Waals surface area contributed by atoms with Crippen LogP contribution in [0.5, 0.6) is 0 Å². The summed E-state index contributed by atoms with van der Waals surface area (Å²) >= 11 is 0. The molecule has 2 bridgehead atoms. The standard InChI is InChI=1S/C73H51N3O/c1-43-23-30-56-61-41-63-70(77-69-34-29-46-14-8-10-20-55(46)71(63)69)42-68(61)76-66-36-44(24-31-58(66)60-38-47-15-5-6-16-48(47)40-67(60)76)35-62(56)73(50-27-32-54-49(37-50)26-25-45-13-7-9-19-53(45)54)74-72(43)51-28-33-65-59(39-51)57-21-11-12-22-64(57)75(65)52-17-3-2-4-18-52/h2-22,24,27-34,36-43,62,73H,23,25-26,35H2,1H3/b56-30+,74-72?. The second-order valence-electron chi connectivity index (χ2n) is 22.1. The van der Waals surface area contributed by atoms with Crippen LogP contribution in [0.25, 0.3) is 115 Å². The summed E-state index contributed by atoms with van der Waals surface area (Å²) in [6, 6.07) is 81.8. The van der Waals surface area contributed by atoms with E-state index in [9.17, 15) is 0 Å². The van der Waals surface area contributed by atoms with Crippen molar-refractivity contribution in [3.63, 3.8) is 0 Å². The fourth-order valence-corrected chi connectivity index (χ4v) is 14.2. The van der Waals surface area contributed by atoms with E-state index in [1.165, 1.54) is 121 Å². The molecule has 0 radical (unpaired) electrons. The van der Waals surface area contributed by atoms with Crippen molar-refractivity contribution in [2.45, 2.75) is 38.6 Å². The maximum absolute atomic E-state index is 7.00. The molecular weight excluding hydrogens is 935 g/mol. The molecule has 3 unspecified atom stereocenters. The van der Waals surface area contributed by atoms with Crippen LogP contribution in [-0.4, -0.2) is 14.8 Å². The third-order valence-electron chi connectivity index (χ3n) is 17.8. The summed E-state index contributed by atoms with van der Waals surface area (Å²) in [4.78, 5) is 6.30. The molecule has 2 aliphatic heterocycles. The molecule has 4 nitrogen and oxygen atoms in total. The van der Waals surface area contributed by atoms with Gasteiger partial charge in [-0.25, -0.2) is 0 Å². The van der Waals surface area contributed by atoms with Gasteiger partial charge in [-0.15, -0.1) is 0 Å². The Kier molecular flexibility index (Phi) is 9.15. The maximum Gasteiger partial charge on any atom is 0.137 e. The summed E-state index contributed by atoms with van der Waals surface area (Å²) in [5.74, 6) is 0.0934. The summed E-state index contributed by atoms with van der Waals surface area (Å²) < 4.78 is 12.0. The predicted octanol–water partition coefficient (Wildman–Crippen LogP) is 18.7. The molecule has 0 spiro atoms. The van der Waals surface area contributed by atoms with E-state index in [2.05, 4.69) is 241 Å². The van der Waals surface area contributed by atoms with Crippen molar-refractivity contribution >= 4 is 98.4 Å². The first-order valence-corrected chi connectivity index (χ1v) is 27.5. The van der Waals surface area contributed by atoms with Crippen LogP contribution in [-0.2, 0) is 19.3 Å². The number of para-hydroxylation sites is 2. The third-order valence-corrected chi connectivity index (χ3v) is 17.8. The molecule has 1 aliphatic carbocycles. The van der Waals surface area contributed by atoms with Gasteiger partial charge in [0.2, 0.25) is 0 Å². The lowest BCUT2D eigenvalue weighted by Crippen LogP contribution is -2.24. The van der Waals surface area contributed by atoms with Gasteiger partial charge in [0, 0.05) is 67.2 Å². The Balaban J connectivity index is 0.943. The molecule has 0 fully saturated rings. The summed E-state index contributed by atoms with van der Waals surface area (Å²) in [7, 11) is 0. The minimum atomic E-state index is -0.206. The second kappa shape index (κ2) is 16.4. The van der Waals surface area contributed by atoms with E-state index in [0.717, 1.165) is 59.3 Å². The molecule has 364 valence electrons. The third kappa shape index (κ3) is 6.42. The number of rotatable bonds is 3. The van der Waals surface area contributed by atoms with Crippen LogP contribution in [0.3, 0.4) is 0 Å². The zero-order chi connectivity index (χ0) is 50.5. The molecule has 11 aromatic carbocycles. The number of benzene rings is 11. The Hall–Kier alpha value is -9.25. The van der Waals surface area contributed by atoms with Crippen LogP contribution < -0.4 is 0 Å². The van der Waals surface area contributed by atoms with Gasteiger partial charge in [-0.2, -0.15) is 0 Å². The van der Waals surface area contributed by atoms with Gasteiger partial charge in [0.05, 0.1) is 33.8 Å². The smallest absolute Gasteiger partial charge is 0.137 e. The first-order chi connectivity index (χ1) is 38.1. The van der Waals surface area contributed by atoms with E-state index in [0.29, 0.717) is 0 Å². The number of aliphatic imine (C=N–C) groups is 1. The number of aryl methyl sites for hydroxylation is 2. The number of hydrogen-bond acceptors (Lipinski definition) is 2. The van der Waals surface area contributed by atoms with Gasteiger partial charge >= 0.3 is 0 Å². The molecule has 17 rings (SSSR count). The summed E-state index contributed by atoms with van der Waals surface area (Å²) in [5.41, 5.74) is 22.0. The summed E-state index contributed by atoms with van der Waals surface area (Å²) in [6.07, 6.45) is 6.32. The fourth-order valence-electron chi connectivity index (χ4n) is 14.2. The lowest BCUT2D eigenvalue weighted by Gasteiger charge is -2.33. The Morgan fingerprint density at radius 3 is 2.10 bits per heavy atom. The highest BCUT2D eigenvalue weighted by Crippen LogP contribution is 2.50. The molecule has 77 heavy (non-hydrogen) atoms. The van der Waals surface area contributed by atoms with Crippen molar-refractivity contribution < 1.29 is 4.42 Å². The van der Waals surface area contributed by atoms with E-state index < -0.39 is 0 Å². The van der Waals surface area contributed by atoms with Crippen LogP contribution in [0.15, 0.2) is 234 Å². The monoisotopic (exact) mass is 985 g/mol. The quantitative estimate of drug-likeness (QED) is 0.174. The average molecular weight is 986 g/mol. The van der Waals surface area contributed by atoms with Gasteiger partial charge in [-0.05, 0) is 152 Å². The van der Waals surface area contributed by atoms with Crippen molar-refractivity contribution in [3.05, 3.63) is 258 Å². The Bertz CT molecular complexity index is 4910. The van der Waals surface area contributed by atoms with Crippen LogP contribution in [0.2, 0.25) is 0 Å². The van der Waals surface area contributed by atoms with E-state index in [1.54, 1.807) is 0 Å². The van der Waals surface area contributed by atoms with Crippen LogP contribution in [0.4, 0.5) is 0 Å².